The molecule has 0 aromatic heterocycles. The van der Waals surface area contributed by atoms with Crippen LogP contribution in [0.3, 0.4) is 0 Å². The molecule has 2 unspecified atom stereocenters. The molecule has 4 fully saturated rings. The third-order valence-electron chi connectivity index (χ3n) is 6.15. The zero-order valence-electron chi connectivity index (χ0n) is 12.6. The van der Waals surface area contributed by atoms with E-state index in [4.69, 9.17) is 0 Å². The van der Waals surface area contributed by atoms with Gasteiger partial charge in [-0.05, 0) is 62.7 Å². The van der Waals surface area contributed by atoms with Crippen molar-refractivity contribution in [3.8, 4) is 0 Å². The Balaban J connectivity index is 1.70. The zero-order chi connectivity index (χ0) is 14.0. The minimum Gasteiger partial charge on any atom is -0.294 e. The van der Waals surface area contributed by atoms with Crippen LogP contribution in [-0.4, -0.2) is 5.78 Å². The maximum absolute atomic E-state index is 13.2. The van der Waals surface area contributed by atoms with Gasteiger partial charge < -0.3 is 0 Å². The molecule has 0 spiro atoms. The Labute approximate surface area is 121 Å². The molecule has 1 aromatic rings. The highest BCUT2D eigenvalue weighted by molar-refractivity contribution is 6.00. The summed E-state index contributed by atoms with van der Waals surface area (Å²) in [5, 5.41) is 0. The van der Waals surface area contributed by atoms with E-state index in [1.807, 2.05) is 12.1 Å². The summed E-state index contributed by atoms with van der Waals surface area (Å²) in [6.07, 6.45) is 7.58. The second-order valence-electron chi connectivity index (χ2n) is 8.25. The first-order chi connectivity index (χ1) is 9.48. The van der Waals surface area contributed by atoms with Crippen molar-refractivity contribution in [1.29, 1.82) is 0 Å². The van der Waals surface area contributed by atoms with Gasteiger partial charge in [0.05, 0.1) is 0 Å². The molecule has 2 atom stereocenters. The van der Waals surface area contributed by atoms with Gasteiger partial charge in [-0.15, -0.1) is 0 Å². The number of aryl methyl sites for hydroxylation is 1. The molecule has 0 heterocycles. The third-order valence-corrected chi connectivity index (χ3v) is 6.15. The van der Waals surface area contributed by atoms with Gasteiger partial charge in [0.25, 0.3) is 0 Å². The predicted molar refractivity (Wildman–Crippen MR) is 80.7 cm³/mol. The van der Waals surface area contributed by atoms with Gasteiger partial charge in [-0.2, -0.15) is 0 Å². The summed E-state index contributed by atoms with van der Waals surface area (Å²) in [5.41, 5.74) is 2.61. The quantitative estimate of drug-likeness (QED) is 0.705. The number of benzene rings is 1. The summed E-state index contributed by atoms with van der Waals surface area (Å²) in [7, 11) is 0. The monoisotopic (exact) mass is 268 g/mol. The van der Waals surface area contributed by atoms with Gasteiger partial charge in [0.2, 0.25) is 0 Å². The fourth-order valence-corrected chi connectivity index (χ4v) is 6.00. The van der Waals surface area contributed by atoms with E-state index in [9.17, 15) is 4.79 Å². The van der Waals surface area contributed by atoms with Gasteiger partial charge in [-0.1, -0.05) is 36.8 Å². The first-order valence-corrected chi connectivity index (χ1v) is 8.10. The molecule has 20 heavy (non-hydrogen) atoms. The van der Waals surface area contributed by atoms with Crippen LogP contribution in [0.15, 0.2) is 24.3 Å². The molecule has 4 bridgehead atoms. The Kier molecular flexibility index (Phi) is 2.50. The number of rotatable bonds is 2. The van der Waals surface area contributed by atoms with Gasteiger partial charge in [0, 0.05) is 11.0 Å². The van der Waals surface area contributed by atoms with Gasteiger partial charge in [0.15, 0.2) is 5.78 Å². The number of carbonyl (C=O) groups is 1. The third kappa shape index (κ3) is 1.78. The van der Waals surface area contributed by atoms with E-state index in [0.29, 0.717) is 11.2 Å². The summed E-state index contributed by atoms with van der Waals surface area (Å²) in [6.45, 7) is 4.52. The van der Waals surface area contributed by atoms with Gasteiger partial charge >= 0.3 is 0 Å². The van der Waals surface area contributed by atoms with Crippen molar-refractivity contribution in [2.24, 2.45) is 22.7 Å². The molecule has 0 N–H and O–H groups in total. The molecule has 4 aliphatic carbocycles. The Hall–Kier alpha value is -1.11. The lowest BCUT2D eigenvalue weighted by Gasteiger charge is -2.60. The molecule has 1 heteroatoms. The lowest BCUT2D eigenvalue weighted by molar-refractivity contribution is -0.0820. The van der Waals surface area contributed by atoms with Gasteiger partial charge in [-0.25, -0.2) is 0 Å². The fraction of sp³-hybridized carbons (Fsp3) is 0.632. The van der Waals surface area contributed by atoms with Crippen molar-refractivity contribution >= 4 is 5.78 Å². The molecule has 1 nitrogen and oxygen atoms in total. The van der Waals surface area contributed by atoms with E-state index >= 15 is 0 Å². The van der Waals surface area contributed by atoms with Crippen molar-refractivity contribution < 1.29 is 4.79 Å². The van der Waals surface area contributed by atoms with E-state index in [1.165, 1.54) is 24.8 Å². The van der Waals surface area contributed by atoms with Crippen LogP contribution in [0.5, 0.6) is 0 Å². The minimum atomic E-state index is -0.0198. The molecule has 0 radical (unpaired) electrons. The van der Waals surface area contributed by atoms with E-state index in [1.54, 1.807) is 0 Å². The highest BCUT2D eigenvalue weighted by Gasteiger charge is 2.58. The fourth-order valence-electron chi connectivity index (χ4n) is 6.00. The molecule has 0 saturated heterocycles. The summed E-state index contributed by atoms with van der Waals surface area (Å²) in [5.74, 6) is 2.07. The average molecular weight is 268 g/mol. The number of ketones is 1. The number of hydrogen-bond donors (Lipinski definition) is 0. The molecule has 5 rings (SSSR count). The second kappa shape index (κ2) is 3.96. The lowest BCUT2D eigenvalue weighted by Crippen LogP contribution is -2.54. The normalized spacial score (nSPS) is 41.9. The SMILES string of the molecule is Cc1ccc(C(=O)C23CC4CC(CC(C)(C4)C2)C3)cc1. The van der Waals surface area contributed by atoms with Crippen LogP contribution in [0, 0.1) is 29.6 Å². The first-order valence-electron chi connectivity index (χ1n) is 8.10. The van der Waals surface area contributed by atoms with Crippen LogP contribution in [0.1, 0.15) is 61.4 Å². The maximum atomic E-state index is 13.2. The highest BCUT2D eigenvalue weighted by atomic mass is 16.1. The van der Waals surface area contributed by atoms with Crippen LogP contribution >= 0.6 is 0 Å². The van der Waals surface area contributed by atoms with Crippen molar-refractivity contribution in [3.05, 3.63) is 35.4 Å². The van der Waals surface area contributed by atoms with E-state index in [2.05, 4.69) is 26.0 Å². The predicted octanol–water partition coefficient (Wildman–Crippen LogP) is 4.78. The summed E-state index contributed by atoms with van der Waals surface area (Å²) >= 11 is 0. The Morgan fingerprint density at radius 2 is 1.65 bits per heavy atom. The largest absolute Gasteiger partial charge is 0.294 e. The van der Waals surface area contributed by atoms with Crippen LogP contribution in [-0.2, 0) is 0 Å². The summed E-state index contributed by atoms with van der Waals surface area (Å²) in [4.78, 5) is 13.2. The standard InChI is InChI=1S/C19H24O/c1-13-3-5-16(6-4-13)17(20)19-10-14-7-15(11-19)9-18(2,8-14)12-19/h3-6,14-15H,7-12H2,1-2H3. The van der Waals surface area contributed by atoms with Crippen molar-refractivity contribution in [3.63, 3.8) is 0 Å². The molecule has 4 saturated carbocycles. The zero-order valence-corrected chi connectivity index (χ0v) is 12.6. The average Bonchev–Trinajstić information content (AvgIpc) is 2.36. The number of hydrogen-bond acceptors (Lipinski definition) is 1. The minimum absolute atomic E-state index is 0.0198. The number of carbonyl (C=O) groups excluding carboxylic acids is 1. The van der Waals surface area contributed by atoms with Crippen LogP contribution in [0.4, 0.5) is 0 Å². The molecule has 4 aliphatic rings. The molecule has 1 aromatic carbocycles. The van der Waals surface area contributed by atoms with Crippen LogP contribution in [0.25, 0.3) is 0 Å². The number of Topliss-reactive ketones (excluding diaryl/α,β-unsaturated/α-hetero) is 1. The Bertz CT molecular complexity index is 540. The van der Waals surface area contributed by atoms with Crippen LogP contribution in [0.2, 0.25) is 0 Å². The van der Waals surface area contributed by atoms with Crippen molar-refractivity contribution in [1.82, 2.24) is 0 Å². The van der Waals surface area contributed by atoms with Gasteiger partial charge in [-0.3, -0.25) is 4.79 Å². The van der Waals surface area contributed by atoms with E-state index < -0.39 is 0 Å². The smallest absolute Gasteiger partial charge is 0.169 e. The molecular weight excluding hydrogens is 244 g/mol. The maximum Gasteiger partial charge on any atom is 0.169 e. The van der Waals surface area contributed by atoms with Crippen molar-refractivity contribution in [2.75, 3.05) is 0 Å². The topological polar surface area (TPSA) is 17.1 Å². The summed E-state index contributed by atoms with van der Waals surface area (Å²) in [6, 6.07) is 8.24. The lowest BCUT2D eigenvalue weighted by atomic mass is 9.43. The molecule has 0 amide bonds. The molecular formula is C19H24O. The highest BCUT2D eigenvalue weighted by Crippen LogP contribution is 2.65. The van der Waals surface area contributed by atoms with E-state index in [0.717, 1.165) is 36.7 Å². The Morgan fingerprint density at radius 1 is 1.05 bits per heavy atom. The van der Waals surface area contributed by atoms with E-state index in [-0.39, 0.29) is 5.41 Å². The Morgan fingerprint density at radius 3 is 2.20 bits per heavy atom. The first kappa shape index (κ1) is 12.6. The second-order valence-corrected chi connectivity index (χ2v) is 8.25. The van der Waals surface area contributed by atoms with Gasteiger partial charge in [0.1, 0.15) is 0 Å². The molecule has 106 valence electrons. The van der Waals surface area contributed by atoms with Crippen molar-refractivity contribution in [2.45, 2.75) is 52.4 Å². The van der Waals surface area contributed by atoms with Crippen LogP contribution < -0.4 is 0 Å². The molecule has 0 aliphatic heterocycles. The summed E-state index contributed by atoms with van der Waals surface area (Å²) < 4.78 is 0.